The highest BCUT2D eigenvalue weighted by molar-refractivity contribution is 6.04. The normalized spacial score (nSPS) is 14.9. The van der Waals surface area contributed by atoms with E-state index in [-0.39, 0.29) is 35.5 Å². The van der Waals surface area contributed by atoms with E-state index in [0.717, 1.165) is 51.9 Å². The lowest BCUT2D eigenvalue weighted by atomic mass is 9.98. The van der Waals surface area contributed by atoms with E-state index < -0.39 is 0 Å². The molecule has 2 aliphatic heterocycles. The van der Waals surface area contributed by atoms with Crippen LogP contribution in [-0.2, 0) is 19.2 Å². The van der Waals surface area contributed by atoms with Crippen LogP contribution in [0.1, 0.15) is 528 Å². The molecule has 0 radical (unpaired) electrons. The van der Waals surface area contributed by atoms with Crippen molar-refractivity contribution in [2.45, 2.75) is 528 Å². The number of hydrogen-bond acceptors (Lipinski definition) is 7. The predicted octanol–water partition coefficient (Wildman–Crippen LogP) is 29.0. The first-order valence-electron chi connectivity index (χ1n) is 48.8. The van der Waals surface area contributed by atoms with E-state index in [4.69, 9.17) is 0 Å². The summed E-state index contributed by atoms with van der Waals surface area (Å²) in [6, 6.07) is 0. The van der Waals surface area contributed by atoms with Crippen molar-refractivity contribution in [2.24, 2.45) is 11.8 Å². The summed E-state index contributed by atoms with van der Waals surface area (Å²) < 4.78 is 0. The van der Waals surface area contributed by atoms with Crippen molar-refractivity contribution in [2.75, 3.05) is 52.4 Å². The fraction of sp³-hybridized carbons (Fsp3) is 0.958. The Morgan fingerprint density at radius 2 is 0.333 bits per heavy atom. The third-order valence-corrected chi connectivity index (χ3v) is 24.5. The maximum atomic E-state index is 13.1. The second-order valence-corrected chi connectivity index (χ2v) is 34.6. The number of hydrogen-bond donors (Lipinski definition) is 3. The fourth-order valence-electron chi connectivity index (χ4n) is 17.2. The summed E-state index contributed by atoms with van der Waals surface area (Å²) in [4.78, 5) is 54.6. The van der Waals surface area contributed by atoms with Crippen LogP contribution >= 0.6 is 0 Å². The van der Waals surface area contributed by atoms with Crippen LogP contribution < -0.4 is 16.0 Å². The van der Waals surface area contributed by atoms with E-state index >= 15 is 0 Å². The van der Waals surface area contributed by atoms with Gasteiger partial charge in [-0.2, -0.15) is 0 Å². The average molecular weight is 1480 g/mol. The smallest absolute Gasteiger partial charge is 0.232 e. The van der Waals surface area contributed by atoms with Gasteiger partial charge in [0.1, 0.15) is 0 Å². The molecule has 2 heterocycles. The summed E-state index contributed by atoms with van der Waals surface area (Å²) in [6.07, 6.45) is 110. The molecule has 2 fully saturated rings. The second-order valence-electron chi connectivity index (χ2n) is 34.6. The lowest BCUT2D eigenvalue weighted by molar-refractivity contribution is -0.140. The predicted molar refractivity (Wildman–Crippen MR) is 460 cm³/mol. The number of rotatable bonds is 90. The van der Waals surface area contributed by atoms with Crippen LogP contribution in [0.2, 0.25) is 0 Å². The molecule has 2 aliphatic rings. The summed E-state index contributed by atoms with van der Waals surface area (Å²) in [7, 11) is 0. The molecule has 0 aromatic carbocycles. The van der Waals surface area contributed by atoms with Crippen molar-refractivity contribution in [1.29, 1.82) is 0 Å². The van der Waals surface area contributed by atoms with Gasteiger partial charge in [0.25, 0.3) is 0 Å². The first-order valence-corrected chi connectivity index (χ1v) is 48.8. The van der Waals surface area contributed by atoms with E-state index in [9.17, 15) is 19.2 Å². The van der Waals surface area contributed by atoms with E-state index in [0.29, 0.717) is 39.0 Å². The third kappa shape index (κ3) is 66.5. The molecule has 0 saturated carbocycles. The molecule has 2 unspecified atom stereocenters. The van der Waals surface area contributed by atoms with Crippen molar-refractivity contribution < 1.29 is 19.2 Å². The highest BCUT2D eigenvalue weighted by atomic mass is 16.2. The quantitative estimate of drug-likeness (QED) is 0.0411. The fourth-order valence-corrected chi connectivity index (χ4v) is 17.2. The molecule has 0 spiro atoms. The summed E-state index contributed by atoms with van der Waals surface area (Å²) in [5, 5.41) is 10.2. The monoisotopic (exact) mass is 1470 g/mol. The number of carbonyl (C=O) groups excluding carboxylic acids is 4. The van der Waals surface area contributed by atoms with Crippen molar-refractivity contribution in [3.8, 4) is 0 Å². The number of nitrogens with one attached hydrogen (secondary N) is 3. The summed E-state index contributed by atoms with van der Waals surface area (Å²) in [5.74, 6) is -0.193. The molecule has 2 saturated heterocycles. The zero-order valence-corrected chi connectivity index (χ0v) is 71.4. The Labute approximate surface area is 656 Å². The molecule has 105 heavy (non-hydrogen) atoms. The Bertz CT molecular complexity index is 1690. The minimum atomic E-state index is -0.125. The maximum absolute atomic E-state index is 13.1. The van der Waals surface area contributed by atoms with Crippen LogP contribution in [0.3, 0.4) is 0 Å². The van der Waals surface area contributed by atoms with Crippen LogP contribution in [0.15, 0.2) is 0 Å². The number of nitrogens with zero attached hydrogens (tertiary/aromatic N) is 2. The Hall–Kier alpha value is -1.84. The minimum absolute atomic E-state index is 0.00626. The minimum Gasteiger partial charge on any atom is -0.314 e. The van der Waals surface area contributed by atoms with E-state index in [1.165, 1.54) is 485 Å². The van der Waals surface area contributed by atoms with Crippen molar-refractivity contribution >= 4 is 23.6 Å². The second kappa shape index (κ2) is 81.6. The first kappa shape index (κ1) is 99.2. The number of likely N-dealkylation sites (tertiary alicyclic amines) is 2. The third-order valence-electron chi connectivity index (χ3n) is 24.5. The molecule has 3 N–H and O–H groups in total. The molecule has 0 aromatic heterocycles. The Kier molecular flexibility index (Phi) is 77.2. The molecule has 0 aliphatic carbocycles. The zero-order valence-electron chi connectivity index (χ0n) is 71.4. The molecule has 0 bridgehead atoms. The van der Waals surface area contributed by atoms with Gasteiger partial charge in [0, 0.05) is 77.0 Å². The summed E-state index contributed by atoms with van der Waals surface area (Å²) in [6.45, 7) is 9.84. The molecule has 9 nitrogen and oxygen atoms in total. The van der Waals surface area contributed by atoms with E-state index in [1.807, 2.05) is 0 Å². The Balaban J connectivity index is 1.22. The van der Waals surface area contributed by atoms with Crippen LogP contribution in [0.4, 0.5) is 0 Å². The number of unbranched alkanes of at least 4 members (excludes halogenated alkanes) is 74. The number of imide groups is 2. The first-order chi connectivity index (χ1) is 52.0. The van der Waals surface area contributed by atoms with Crippen LogP contribution in [-0.4, -0.2) is 85.8 Å². The number of amides is 4. The van der Waals surface area contributed by atoms with Gasteiger partial charge < -0.3 is 16.0 Å². The van der Waals surface area contributed by atoms with Crippen molar-refractivity contribution in [3.05, 3.63) is 0 Å². The number of carbonyl (C=O) groups is 4. The van der Waals surface area contributed by atoms with Gasteiger partial charge in [0.15, 0.2) is 0 Å². The molecular weight excluding hydrogens is 1290 g/mol. The topological polar surface area (TPSA) is 111 Å². The van der Waals surface area contributed by atoms with Crippen LogP contribution in [0, 0.1) is 11.8 Å². The van der Waals surface area contributed by atoms with Gasteiger partial charge in [0.05, 0.1) is 0 Å². The lowest BCUT2D eigenvalue weighted by Gasteiger charge is -2.16. The highest BCUT2D eigenvalue weighted by Gasteiger charge is 2.38. The van der Waals surface area contributed by atoms with Crippen molar-refractivity contribution in [3.63, 3.8) is 0 Å². The molecule has 0 aromatic rings. The Morgan fingerprint density at radius 1 is 0.200 bits per heavy atom. The highest BCUT2D eigenvalue weighted by Crippen LogP contribution is 2.28. The summed E-state index contributed by atoms with van der Waals surface area (Å²) in [5.41, 5.74) is 0. The average Bonchev–Trinajstić information content (AvgIpc) is 1.71. The molecule has 2 atom stereocenters. The van der Waals surface area contributed by atoms with Gasteiger partial charge in [-0.05, 0) is 12.8 Å². The van der Waals surface area contributed by atoms with Gasteiger partial charge in [-0.3, -0.25) is 29.0 Å². The zero-order chi connectivity index (χ0) is 75.0. The van der Waals surface area contributed by atoms with Gasteiger partial charge in [-0.15, -0.1) is 0 Å². The lowest BCUT2D eigenvalue weighted by Crippen LogP contribution is -2.40. The van der Waals surface area contributed by atoms with Gasteiger partial charge >= 0.3 is 0 Å². The molecule has 9 heteroatoms. The Morgan fingerprint density at radius 3 is 0.486 bits per heavy atom. The molecule has 4 amide bonds. The van der Waals surface area contributed by atoms with E-state index in [1.54, 1.807) is 0 Å². The largest absolute Gasteiger partial charge is 0.314 e. The summed E-state index contributed by atoms with van der Waals surface area (Å²) >= 11 is 0. The van der Waals surface area contributed by atoms with Gasteiger partial charge in [-0.25, -0.2) is 0 Å². The molecule has 620 valence electrons. The van der Waals surface area contributed by atoms with Gasteiger partial charge in [-0.1, -0.05) is 502 Å². The SMILES string of the molecule is CCCCCCCCCCCCCCCCCCCCCCCCCCCCCCCCCCCCCCCCC1CC(=O)N(CCNCCNCCNCCN2C(=O)CC(CCCCCCCCCCCCCCCCCCCCCCCCCCCCCCCCCCCCCCCC)C2=O)C1=O. The van der Waals surface area contributed by atoms with Crippen LogP contribution in [0.25, 0.3) is 0 Å². The van der Waals surface area contributed by atoms with Gasteiger partial charge in [0.2, 0.25) is 23.6 Å². The molecule has 2 rings (SSSR count). The molecular formula is C96H187N5O4. The van der Waals surface area contributed by atoms with Crippen LogP contribution in [0.5, 0.6) is 0 Å². The van der Waals surface area contributed by atoms with E-state index in [2.05, 4.69) is 29.8 Å². The maximum Gasteiger partial charge on any atom is 0.232 e. The standard InChI is InChI=1S/C96H187N5O4/c1-3-5-7-9-11-13-15-17-19-21-23-25-27-29-31-33-35-37-39-41-43-45-47-49-51-53-55-57-59-61-63-65-67-69-71-73-75-77-79-91-89-93(102)100(95(91)104)87-85-98-83-81-97-82-84-99-86-88-101-94(103)90-92(96(101)105)80-78-76-74-72-70-68-66-64-62-60-58-56-54-52-50-48-46-44-42-40-38-36-34-32-30-28-26-24-22-20-18-16-14-12-10-8-6-4-2/h91-92,97-99H,3-90H2,1-2H3. The van der Waals surface area contributed by atoms with Crippen molar-refractivity contribution in [1.82, 2.24) is 25.8 Å².